The Balaban J connectivity index is 4.32. The summed E-state index contributed by atoms with van der Waals surface area (Å²) in [5.41, 5.74) is 1.05. The molecule has 0 saturated heterocycles. The fourth-order valence-corrected chi connectivity index (χ4v) is 0.685. The van der Waals surface area contributed by atoms with Crippen LogP contribution in [-0.2, 0) is 0 Å². The van der Waals surface area contributed by atoms with Crippen molar-refractivity contribution in [3.8, 4) is 0 Å². The third kappa shape index (κ3) is 5.42. The Labute approximate surface area is 74.5 Å². The molecule has 1 heteroatoms. The standard InChI is InChI=1S/C11H15N/c1-4-7-11(8-5-2)10-12-9-6-3/h4-10H,1H2,2-3H3/b8-5-,9-6+,11-7+,12-10-. The van der Waals surface area contributed by atoms with Gasteiger partial charge in [0, 0.05) is 12.4 Å². The molecule has 0 N–H and O–H groups in total. The number of rotatable bonds is 4. The summed E-state index contributed by atoms with van der Waals surface area (Å²) in [6.07, 6.45) is 13.0. The second-order valence-corrected chi connectivity index (χ2v) is 2.16. The van der Waals surface area contributed by atoms with Gasteiger partial charge in [-0.05, 0) is 19.4 Å². The van der Waals surface area contributed by atoms with Gasteiger partial charge in [0.25, 0.3) is 0 Å². The molecule has 0 aromatic heterocycles. The van der Waals surface area contributed by atoms with E-state index < -0.39 is 0 Å². The molecule has 0 rings (SSSR count). The molecule has 0 aromatic rings. The summed E-state index contributed by atoms with van der Waals surface area (Å²) in [5, 5.41) is 0. The van der Waals surface area contributed by atoms with Crippen LogP contribution >= 0.6 is 0 Å². The zero-order valence-corrected chi connectivity index (χ0v) is 7.70. The first-order valence-electron chi connectivity index (χ1n) is 3.95. The Morgan fingerprint density at radius 2 is 2.00 bits per heavy atom. The summed E-state index contributed by atoms with van der Waals surface area (Å²) in [6.45, 7) is 7.53. The van der Waals surface area contributed by atoms with Gasteiger partial charge >= 0.3 is 0 Å². The molecule has 0 unspecified atom stereocenters. The monoisotopic (exact) mass is 161 g/mol. The van der Waals surface area contributed by atoms with E-state index in [1.807, 2.05) is 38.2 Å². The van der Waals surface area contributed by atoms with E-state index in [0.29, 0.717) is 0 Å². The van der Waals surface area contributed by atoms with Crippen molar-refractivity contribution >= 4 is 6.21 Å². The molecule has 64 valence electrons. The number of hydrogen-bond acceptors (Lipinski definition) is 1. The summed E-state index contributed by atoms with van der Waals surface area (Å²) < 4.78 is 0. The molecule has 0 amide bonds. The van der Waals surface area contributed by atoms with Crippen molar-refractivity contribution in [2.45, 2.75) is 13.8 Å². The Bertz CT molecular complexity index is 229. The van der Waals surface area contributed by atoms with Crippen molar-refractivity contribution in [2.75, 3.05) is 0 Å². The highest BCUT2D eigenvalue weighted by atomic mass is 14.7. The fourth-order valence-electron chi connectivity index (χ4n) is 0.685. The molecule has 0 fully saturated rings. The highest BCUT2D eigenvalue weighted by Crippen LogP contribution is 1.93. The molecule has 0 spiro atoms. The predicted octanol–water partition coefficient (Wildman–Crippen LogP) is 3.28. The molecule has 1 nitrogen and oxygen atoms in total. The van der Waals surface area contributed by atoms with Crippen LogP contribution in [0, 0.1) is 0 Å². The lowest BCUT2D eigenvalue weighted by Crippen LogP contribution is -1.77. The fraction of sp³-hybridized carbons (Fsp3) is 0.182. The Hall–Kier alpha value is -1.37. The van der Waals surface area contributed by atoms with Crippen molar-refractivity contribution < 1.29 is 0 Å². The first-order chi connectivity index (χ1) is 5.85. The van der Waals surface area contributed by atoms with Gasteiger partial charge < -0.3 is 0 Å². The van der Waals surface area contributed by atoms with E-state index in [1.165, 1.54) is 0 Å². The average Bonchev–Trinajstić information content (AvgIpc) is 2.06. The molecule has 12 heavy (non-hydrogen) atoms. The number of hydrogen-bond donors (Lipinski definition) is 0. The van der Waals surface area contributed by atoms with Crippen LogP contribution in [0.15, 0.2) is 53.7 Å². The van der Waals surface area contributed by atoms with Gasteiger partial charge in [0.1, 0.15) is 0 Å². The van der Waals surface area contributed by atoms with Crippen LogP contribution in [0.25, 0.3) is 0 Å². The van der Waals surface area contributed by atoms with Crippen LogP contribution in [0.3, 0.4) is 0 Å². The van der Waals surface area contributed by atoms with Gasteiger partial charge in [-0.3, -0.25) is 4.99 Å². The highest BCUT2D eigenvalue weighted by molar-refractivity contribution is 5.83. The van der Waals surface area contributed by atoms with Crippen LogP contribution in [0.1, 0.15) is 13.8 Å². The normalized spacial score (nSPS) is 13.7. The van der Waals surface area contributed by atoms with Crippen molar-refractivity contribution in [2.24, 2.45) is 4.99 Å². The van der Waals surface area contributed by atoms with Crippen LogP contribution in [0.4, 0.5) is 0 Å². The third-order valence-corrected chi connectivity index (χ3v) is 1.13. The van der Waals surface area contributed by atoms with Crippen molar-refractivity contribution in [1.29, 1.82) is 0 Å². The quantitative estimate of drug-likeness (QED) is 0.443. The smallest absolute Gasteiger partial charge is 0.0340 e. The van der Waals surface area contributed by atoms with Crippen LogP contribution in [-0.4, -0.2) is 6.21 Å². The lowest BCUT2D eigenvalue weighted by molar-refractivity contribution is 1.53. The van der Waals surface area contributed by atoms with Crippen molar-refractivity contribution in [3.05, 3.63) is 48.7 Å². The van der Waals surface area contributed by atoms with Crippen molar-refractivity contribution in [1.82, 2.24) is 0 Å². The van der Waals surface area contributed by atoms with E-state index in [9.17, 15) is 0 Å². The van der Waals surface area contributed by atoms with E-state index in [0.717, 1.165) is 5.57 Å². The van der Waals surface area contributed by atoms with Gasteiger partial charge in [0.05, 0.1) is 0 Å². The topological polar surface area (TPSA) is 12.4 Å². The Kier molecular flexibility index (Phi) is 6.85. The van der Waals surface area contributed by atoms with Gasteiger partial charge in [-0.1, -0.05) is 37.0 Å². The molecule has 0 heterocycles. The van der Waals surface area contributed by atoms with E-state index in [1.54, 1.807) is 18.5 Å². The summed E-state index contributed by atoms with van der Waals surface area (Å²) in [5.74, 6) is 0. The maximum Gasteiger partial charge on any atom is 0.0340 e. The summed E-state index contributed by atoms with van der Waals surface area (Å²) in [4.78, 5) is 4.05. The van der Waals surface area contributed by atoms with E-state index in [-0.39, 0.29) is 0 Å². The number of nitrogens with zero attached hydrogens (tertiary/aromatic N) is 1. The highest BCUT2D eigenvalue weighted by Gasteiger charge is 1.80. The Morgan fingerprint density at radius 1 is 1.25 bits per heavy atom. The predicted molar refractivity (Wildman–Crippen MR) is 56.4 cm³/mol. The molecule has 0 radical (unpaired) electrons. The minimum atomic E-state index is 1.05. The maximum absolute atomic E-state index is 4.05. The zero-order chi connectivity index (χ0) is 9.23. The molecular formula is C11H15N. The molecule has 0 atom stereocenters. The molecule has 0 aliphatic rings. The lowest BCUT2D eigenvalue weighted by atomic mass is 10.2. The average molecular weight is 161 g/mol. The lowest BCUT2D eigenvalue weighted by Gasteiger charge is -1.87. The molecule has 0 aliphatic heterocycles. The minimum Gasteiger partial charge on any atom is -0.264 e. The number of aliphatic imine (C=N–C) groups is 1. The second kappa shape index (κ2) is 7.73. The largest absolute Gasteiger partial charge is 0.264 e. The summed E-state index contributed by atoms with van der Waals surface area (Å²) in [6, 6.07) is 0. The molecule has 0 saturated carbocycles. The zero-order valence-electron chi connectivity index (χ0n) is 7.70. The molecule has 0 aliphatic carbocycles. The third-order valence-electron chi connectivity index (χ3n) is 1.13. The van der Waals surface area contributed by atoms with Gasteiger partial charge in [-0.2, -0.15) is 0 Å². The second-order valence-electron chi connectivity index (χ2n) is 2.16. The summed E-state index contributed by atoms with van der Waals surface area (Å²) >= 11 is 0. The van der Waals surface area contributed by atoms with E-state index >= 15 is 0 Å². The van der Waals surface area contributed by atoms with E-state index in [2.05, 4.69) is 11.6 Å². The molecule has 0 bridgehead atoms. The van der Waals surface area contributed by atoms with Crippen LogP contribution in [0.5, 0.6) is 0 Å². The minimum absolute atomic E-state index is 1.05. The maximum atomic E-state index is 4.05. The van der Waals surface area contributed by atoms with E-state index in [4.69, 9.17) is 0 Å². The van der Waals surface area contributed by atoms with Gasteiger partial charge in [-0.25, -0.2) is 0 Å². The first-order valence-corrected chi connectivity index (χ1v) is 3.95. The van der Waals surface area contributed by atoms with Crippen LogP contribution in [0.2, 0.25) is 0 Å². The SMILES string of the molecule is C=C/C=C(\C=C/C)/C=N\C=C\C. The van der Waals surface area contributed by atoms with Crippen molar-refractivity contribution in [3.63, 3.8) is 0 Å². The molecule has 0 aromatic carbocycles. The van der Waals surface area contributed by atoms with Crippen LogP contribution < -0.4 is 0 Å². The van der Waals surface area contributed by atoms with Gasteiger partial charge in [0.15, 0.2) is 0 Å². The van der Waals surface area contributed by atoms with Gasteiger partial charge in [-0.15, -0.1) is 0 Å². The molecular weight excluding hydrogens is 146 g/mol. The Morgan fingerprint density at radius 3 is 2.50 bits per heavy atom. The number of allylic oxidation sites excluding steroid dienone is 6. The first kappa shape index (κ1) is 10.6. The summed E-state index contributed by atoms with van der Waals surface area (Å²) in [7, 11) is 0. The van der Waals surface area contributed by atoms with Gasteiger partial charge in [0.2, 0.25) is 0 Å².